The second-order valence-electron chi connectivity index (χ2n) is 13.0. The summed E-state index contributed by atoms with van der Waals surface area (Å²) in [5.41, 5.74) is 0.0373. The molecule has 0 radical (unpaired) electrons. The van der Waals surface area contributed by atoms with E-state index in [0.29, 0.717) is 40.3 Å². The number of methoxy groups -OCH3 is 1. The van der Waals surface area contributed by atoms with Gasteiger partial charge in [0.05, 0.1) is 36.4 Å². The number of ketones is 1. The molecule has 0 bridgehead atoms. The first-order valence-corrected chi connectivity index (χ1v) is 16.6. The van der Waals surface area contributed by atoms with E-state index in [1.807, 2.05) is 52.0 Å². The minimum Gasteiger partial charge on any atom is -0.496 e. The van der Waals surface area contributed by atoms with Crippen LogP contribution >= 0.6 is 11.3 Å². The molecule has 2 aromatic heterocycles. The van der Waals surface area contributed by atoms with Gasteiger partial charge in [0.25, 0.3) is 0 Å². The molecule has 6 rings (SSSR count). The fraction of sp³-hybridized carbons (Fsp3) is 0.529. The van der Waals surface area contributed by atoms with Gasteiger partial charge in [0.1, 0.15) is 34.1 Å². The molecule has 12 heteroatoms. The van der Waals surface area contributed by atoms with Crippen LogP contribution in [0.3, 0.4) is 0 Å². The summed E-state index contributed by atoms with van der Waals surface area (Å²) in [6, 6.07) is 7.66. The molecule has 3 aliphatic rings. The molecule has 1 atom stereocenters. The number of likely N-dealkylation sites (tertiary alicyclic amines) is 1. The van der Waals surface area contributed by atoms with E-state index in [1.165, 1.54) is 17.6 Å². The van der Waals surface area contributed by atoms with Crippen LogP contribution in [0.1, 0.15) is 74.0 Å². The number of carbonyl (C=O) groups is 3. The van der Waals surface area contributed by atoms with Gasteiger partial charge in [-0.3, -0.25) is 14.5 Å². The van der Waals surface area contributed by atoms with Crippen molar-refractivity contribution in [2.45, 2.75) is 71.2 Å². The summed E-state index contributed by atoms with van der Waals surface area (Å²) < 4.78 is 29.3. The Morgan fingerprint density at radius 3 is 2.52 bits per heavy atom. The molecule has 0 unspecified atom stereocenters. The highest BCUT2D eigenvalue weighted by Crippen LogP contribution is 2.52. The third-order valence-electron chi connectivity index (χ3n) is 8.94. The first kappa shape index (κ1) is 32.2. The van der Waals surface area contributed by atoms with Crippen molar-refractivity contribution in [3.05, 3.63) is 53.4 Å². The molecule has 11 nitrogen and oxygen atoms in total. The third-order valence-corrected chi connectivity index (χ3v) is 10.2. The number of carbonyl (C=O) groups excluding carboxylic acids is 3. The van der Waals surface area contributed by atoms with E-state index in [1.54, 1.807) is 23.1 Å². The predicted molar refractivity (Wildman–Crippen MR) is 171 cm³/mol. The lowest BCUT2D eigenvalue weighted by Gasteiger charge is -2.45. The Kier molecular flexibility index (Phi) is 8.97. The van der Waals surface area contributed by atoms with Gasteiger partial charge < -0.3 is 28.3 Å². The van der Waals surface area contributed by atoms with Crippen LogP contribution in [0.15, 0.2) is 41.1 Å². The summed E-state index contributed by atoms with van der Waals surface area (Å²) in [4.78, 5) is 50.6. The van der Waals surface area contributed by atoms with Crippen LogP contribution in [0.25, 0.3) is 10.8 Å². The molecule has 1 spiro atoms. The van der Waals surface area contributed by atoms with Crippen LogP contribution in [0, 0.1) is 12.3 Å². The molecular weight excluding hydrogens is 610 g/mol. The van der Waals surface area contributed by atoms with E-state index < -0.39 is 23.2 Å². The lowest BCUT2D eigenvalue weighted by atomic mass is 9.69. The SMILES string of the molecule is COc1ccccc1[C@H](CN1C(=O)C2(CCN(C(=O)OC(C)(C)C)CC2)C(=O)c2c1sc(-c1ncco1)c2C)OC1CCOCC1. The third kappa shape index (κ3) is 6.05. The number of fused-ring (bicyclic) bond motifs is 1. The number of para-hydroxylation sites is 1. The predicted octanol–water partition coefficient (Wildman–Crippen LogP) is 6.20. The van der Waals surface area contributed by atoms with E-state index in [-0.39, 0.29) is 50.3 Å². The molecule has 3 aromatic rings. The average molecular weight is 652 g/mol. The fourth-order valence-electron chi connectivity index (χ4n) is 6.54. The first-order valence-electron chi connectivity index (χ1n) is 15.8. The second-order valence-corrected chi connectivity index (χ2v) is 14.0. The van der Waals surface area contributed by atoms with E-state index in [2.05, 4.69) is 4.98 Å². The molecule has 2 fully saturated rings. The zero-order valence-corrected chi connectivity index (χ0v) is 27.8. The number of amides is 2. The normalized spacial score (nSPS) is 19.3. The number of aromatic nitrogens is 1. The van der Waals surface area contributed by atoms with Crippen molar-refractivity contribution in [2.75, 3.05) is 44.9 Å². The molecule has 46 heavy (non-hydrogen) atoms. The van der Waals surface area contributed by atoms with Crippen LogP contribution in [0.2, 0.25) is 0 Å². The topological polar surface area (TPSA) is 121 Å². The molecule has 1 aromatic carbocycles. The van der Waals surface area contributed by atoms with E-state index in [0.717, 1.165) is 24.0 Å². The number of Topliss-reactive ketones (excluding diaryl/α,β-unsaturated/α-hetero) is 1. The van der Waals surface area contributed by atoms with Crippen LogP contribution in [0.4, 0.5) is 9.80 Å². The number of thiophene rings is 1. The van der Waals surface area contributed by atoms with Crippen LogP contribution in [-0.4, -0.2) is 79.3 Å². The summed E-state index contributed by atoms with van der Waals surface area (Å²) in [6.45, 7) is 9.14. The summed E-state index contributed by atoms with van der Waals surface area (Å²) in [6.07, 6.45) is 3.83. The first-order chi connectivity index (χ1) is 22.0. The molecule has 3 aliphatic heterocycles. The highest BCUT2D eigenvalue weighted by molar-refractivity contribution is 7.20. The Labute approximate surface area is 272 Å². The van der Waals surface area contributed by atoms with Gasteiger partial charge in [-0.1, -0.05) is 18.2 Å². The molecule has 0 aliphatic carbocycles. The zero-order valence-electron chi connectivity index (χ0n) is 27.0. The van der Waals surface area contributed by atoms with Crippen molar-refractivity contribution in [1.29, 1.82) is 0 Å². The van der Waals surface area contributed by atoms with Gasteiger partial charge in [-0.25, -0.2) is 9.78 Å². The Balaban J connectivity index is 1.40. The van der Waals surface area contributed by atoms with Gasteiger partial charge in [-0.2, -0.15) is 0 Å². The average Bonchev–Trinajstić information content (AvgIpc) is 3.69. The molecule has 246 valence electrons. The summed E-state index contributed by atoms with van der Waals surface area (Å²) in [7, 11) is 1.62. The number of ether oxygens (including phenoxy) is 4. The summed E-state index contributed by atoms with van der Waals surface area (Å²) >= 11 is 1.32. The Morgan fingerprint density at radius 2 is 1.87 bits per heavy atom. The number of rotatable bonds is 7. The van der Waals surface area contributed by atoms with Gasteiger partial charge in [-0.15, -0.1) is 11.3 Å². The largest absolute Gasteiger partial charge is 0.496 e. The van der Waals surface area contributed by atoms with Gasteiger partial charge in [0.15, 0.2) is 5.78 Å². The van der Waals surface area contributed by atoms with E-state index >= 15 is 0 Å². The quantitative estimate of drug-likeness (QED) is 0.275. The van der Waals surface area contributed by atoms with Crippen molar-refractivity contribution >= 4 is 34.1 Å². The number of hydrogen-bond donors (Lipinski definition) is 0. The lowest BCUT2D eigenvalue weighted by Crippen LogP contribution is -2.58. The molecular formula is C34H41N3O8S. The molecule has 0 saturated carbocycles. The number of hydrogen-bond acceptors (Lipinski definition) is 10. The number of piperidine rings is 1. The Hall–Kier alpha value is -3.74. The highest BCUT2D eigenvalue weighted by Gasteiger charge is 2.56. The zero-order chi connectivity index (χ0) is 32.6. The highest BCUT2D eigenvalue weighted by atomic mass is 32.1. The van der Waals surface area contributed by atoms with Gasteiger partial charge >= 0.3 is 6.09 Å². The van der Waals surface area contributed by atoms with E-state index in [4.69, 9.17) is 23.4 Å². The van der Waals surface area contributed by atoms with E-state index in [9.17, 15) is 14.4 Å². The second kappa shape index (κ2) is 12.8. The maximum Gasteiger partial charge on any atom is 0.410 e. The Morgan fingerprint density at radius 1 is 1.15 bits per heavy atom. The number of oxazole rings is 1. The number of nitrogens with zero attached hydrogens (tertiary/aromatic N) is 3. The molecule has 5 heterocycles. The number of anilines is 1. The van der Waals surface area contributed by atoms with Crippen molar-refractivity contribution in [3.63, 3.8) is 0 Å². The summed E-state index contributed by atoms with van der Waals surface area (Å²) in [5.74, 6) is 0.539. The van der Waals surface area contributed by atoms with Gasteiger partial charge in [0.2, 0.25) is 11.8 Å². The van der Waals surface area contributed by atoms with Gasteiger partial charge in [-0.05, 0) is 65.0 Å². The molecule has 2 saturated heterocycles. The van der Waals surface area contributed by atoms with Gasteiger partial charge in [0, 0.05) is 31.9 Å². The van der Waals surface area contributed by atoms with Crippen LogP contribution in [0.5, 0.6) is 5.75 Å². The molecule has 0 N–H and O–H groups in total. The minimum atomic E-state index is -1.34. The molecule has 2 amide bonds. The van der Waals surface area contributed by atoms with Crippen molar-refractivity contribution in [3.8, 4) is 16.5 Å². The minimum absolute atomic E-state index is 0.0661. The Bertz CT molecular complexity index is 1580. The van der Waals surface area contributed by atoms with Crippen LogP contribution in [-0.2, 0) is 19.0 Å². The van der Waals surface area contributed by atoms with Crippen molar-refractivity contribution in [2.24, 2.45) is 5.41 Å². The van der Waals surface area contributed by atoms with Crippen molar-refractivity contribution in [1.82, 2.24) is 9.88 Å². The monoisotopic (exact) mass is 651 g/mol. The maximum absolute atomic E-state index is 14.8. The standard InChI is InChI=1S/C34H41N3O8S/c1-21-26-28(38)34(12-15-36(16-13-34)32(40)45-33(2,3)4)31(39)37(30(26)46-27(21)29-35-14-19-43-29)20-25(44-22-10-17-42-18-11-22)23-8-6-7-9-24(23)41-5/h6-9,14,19,22,25H,10-13,15-18,20H2,1-5H3/t25-/m0/s1. The number of benzene rings is 1. The van der Waals surface area contributed by atoms with Crippen LogP contribution < -0.4 is 9.64 Å². The summed E-state index contributed by atoms with van der Waals surface area (Å²) in [5, 5.41) is 0.552. The fourth-order valence-corrected chi connectivity index (χ4v) is 7.80. The van der Waals surface area contributed by atoms with Crippen molar-refractivity contribution < 1.29 is 37.7 Å². The maximum atomic E-state index is 14.8. The lowest BCUT2D eigenvalue weighted by molar-refractivity contribution is -0.129. The smallest absolute Gasteiger partial charge is 0.410 e.